The summed E-state index contributed by atoms with van der Waals surface area (Å²) in [6.45, 7) is 2.28. The Morgan fingerprint density at radius 1 is 1.20 bits per heavy atom. The average Bonchev–Trinajstić information content (AvgIpc) is 2.85. The molecule has 2 atom stereocenters. The number of allylic oxidation sites excluding steroid dienone is 2. The Hall–Kier alpha value is -1.04. The fraction of sp³-hybridized carbons (Fsp3) is 0.467. The molecule has 2 bridgehead atoms. The van der Waals surface area contributed by atoms with Crippen molar-refractivity contribution in [3.8, 4) is 0 Å². The number of rotatable bonds is 3. The molecule has 2 aliphatic rings. The van der Waals surface area contributed by atoms with Crippen LogP contribution in [0.25, 0.3) is 0 Å². The van der Waals surface area contributed by atoms with Gasteiger partial charge in [0.25, 0.3) is 0 Å². The van der Waals surface area contributed by atoms with Gasteiger partial charge >= 0.3 is 0 Å². The van der Waals surface area contributed by atoms with E-state index >= 15 is 0 Å². The molecule has 0 saturated heterocycles. The molecule has 0 radical (unpaired) electrons. The standard InChI is InChI=1S/C15H18/c1-2-3-6-11-9-12-10-15(11)14-8-5-4-7-13(12)14/h4-5,7-9,12,15H,2-3,6,10H2,1H3. The van der Waals surface area contributed by atoms with Crippen LogP contribution in [0.15, 0.2) is 35.9 Å². The minimum atomic E-state index is 0.748. The first-order valence-electron chi connectivity index (χ1n) is 6.19. The van der Waals surface area contributed by atoms with E-state index in [1.165, 1.54) is 25.7 Å². The monoisotopic (exact) mass is 198 g/mol. The van der Waals surface area contributed by atoms with Crippen molar-refractivity contribution >= 4 is 0 Å². The Kier molecular flexibility index (Phi) is 2.16. The number of benzene rings is 1. The van der Waals surface area contributed by atoms with Crippen LogP contribution in [0.3, 0.4) is 0 Å². The van der Waals surface area contributed by atoms with Crippen LogP contribution in [0.2, 0.25) is 0 Å². The zero-order chi connectivity index (χ0) is 10.3. The Labute approximate surface area is 92.0 Å². The molecule has 3 rings (SSSR count). The van der Waals surface area contributed by atoms with Gasteiger partial charge in [0.15, 0.2) is 0 Å². The first-order valence-corrected chi connectivity index (χ1v) is 6.19. The van der Waals surface area contributed by atoms with E-state index in [0.717, 1.165) is 11.8 Å². The molecule has 0 heterocycles. The van der Waals surface area contributed by atoms with Crippen molar-refractivity contribution in [1.82, 2.24) is 0 Å². The summed E-state index contributed by atoms with van der Waals surface area (Å²) in [5.74, 6) is 1.52. The van der Waals surface area contributed by atoms with Gasteiger partial charge in [-0.05, 0) is 30.4 Å². The zero-order valence-corrected chi connectivity index (χ0v) is 9.37. The van der Waals surface area contributed by atoms with E-state index in [9.17, 15) is 0 Å². The summed E-state index contributed by atoms with van der Waals surface area (Å²) in [6, 6.07) is 9.02. The summed E-state index contributed by atoms with van der Waals surface area (Å²) < 4.78 is 0. The van der Waals surface area contributed by atoms with Crippen molar-refractivity contribution in [3.05, 3.63) is 47.0 Å². The molecule has 0 amide bonds. The molecule has 0 fully saturated rings. The van der Waals surface area contributed by atoms with E-state index in [-0.39, 0.29) is 0 Å². The molecule has 1 aromatic rings. The molecular weight excluding hydrogens is 180 g/mol. The smallest absolute Gasteiger partial charge is 0.00601 e. The fourth-order valence-corrected chi connectivity index (χ4v) is 3.20. The highest BCUT2D eigenvalue weighted by atomic mass is 14.4. The van der Waals surface area contributed by atoms with Gasteiger partial charge in [0.05, 0.1) is 0 Å². The lowest BCUT2D eigenvalue weighted by molar-refractivity contribution is 0.714. The normalized spacial score (nSPS) is 26.6. The Morgan fingerprint density at radius 3 is 2.80 bits per heavy atom. The molecular formula is C15H18. The van der Waals surface area contributed by atoms with E-state index in [2.05, 4.69) is 37.3 Å². The Morgan fingerprint density at radius 2 is 2.00 bits per heavy atom. The highest BCUT2D eigenvalue weighted by molar-refractivity contribution is 5.50. The highest BCUT2D eigenvalue weighted by Crippen LogP contribution is 2.53. The van der Waals surface area contributed by atoms with E-state index < -0.39 is 0 Å². The Bertz CT molecular complexity index is 400. The third kappa shape index (κ3) is 1.35. The third-order valence-corrected chi connectivity index (χ3v) is 3.94. The maximum absolute atomic E-state index is 2.54. The number of hydrogen-bond acceptors (Lipinski definition) is 0. The van der Waals surface area contributed by atoms with Gasteiger partial charge in [0, 0.05) is 11.8 Å². The van der Waals surface area contributed by atoms with Crippen LogP contribution in [-0.4, -0.2) is 0 Å². The second kappa shape index (κ2) is 3.52. The summed E-state index contributed by atoms with van der Waals surface area (Å²) in [6.07, 6.45) is 7.90. The van der Waals surface area contributed by atoms with Crippen LogP contribution in [0.4, 0.5) is 0 Å². The van der Waals surface area contributed by atoms with Crippen LogP contribution < -0.4 is 0 Å². The molecule has 15 heavy (non-hydrogen) atoms. The van der Waals surface area contributed by atoms with Gasteiger partial charge in [-0.3, -0.25) is 0 Å². The van der Waals surface area contributed by atoms with Gasteiger partial charge in [-0.2, -0.15) is 0 Å². The molecule has 0 aliphatic heterocycles. The van der Waals surface area contributed by atoms with E-state index in [0.29, 0.717) is 0 Å². The molecule has 0 saturated carbocycles. The zero-order valence-electron chi connectivity index (χ0n) is 9.37. The second-order valence-corrected chi connectivity index (χ2v) is 4.87. The second-order valence-electron chi connectivity index (χ2n) is 4.87. The van der Waals surface area contributed by atoms with Gasteiger partial charge in [0.2, 0.25) is 0 Å². The molecule has 2 unspecified atom stereocenters. The molecule has 78 valence electrons. The number of hydrogen-bond donors (Lipinski definition) is 0. The van der Waals surface area contributed by atoms with Gasteiger partial charge < -0.3 is 0 Å². The molecule has 2 aliphatic carbocycles. The van der Waals surface area contributed by atoms with Crippen molar-refractivity contribution in [2.75, 3.05) is 0 Å². The summed E-state index contributed by atoms with van der Waals surface area (Å²) in [5, 5.41) is 0. The maximum Gasteiger partial charge on any atom is 0.00601 e. The molecule has 0 heteroatoms. The van der Waals surface area contributed by atoms with Gasteiger partial charge in [0.1, 0.15) is 0 Å². The van der Waals surface area contributed by atoms with Crippen molar-refractivity contribution in [1.29, 1.82) is 0 Å². The predicted molar refractivity (Wildman–Crippen MR) is 64.1 cm³/mol. The largest absolute Gasteiger partial charge is 0.0771 e. The maximum atomic E-state index is 2.54. The fourth-order valence-electron chi connectivity index (χ4n) is 3.20. The van der Waals surface area contributed by atoms with Gasteiger partial charge in [-0.15, -0.1) is 0 Å². The SMILES string of the molecule is CCCCC1=CC2CC1c1ccccc12. The minimum absolute atomic E-state index is 0.748. The summed E-state index contributed by atoms with van der Waals surface area (Å²) in [4.78, 5) is 0. The van der Waals surface area contributed by atoms with Crippen molar-refractivity contribution in [2.45, 2.75) is 44.4 Å². The first-order chi connectivity index (χ1) is 7.40. The lowest BCUT2D eigenvalue weighted by atomic mass is 9.89. The van der Waals surface area contributed by atoms with E-state index in [4.69, 9.17) is 0 Å². The number of unbranched alkanes of at least 4 members (excludes halogenated alkanes) is 1. The van der Waals surface area contributed by atoms with Gasteiger partial charge in [-0.25, -0.2) is 0 Å². The number of fused-ring (bicyclic) bond motifs is 5. The van der Waals surface area contributed by atoms with Crippen LogP contribution in [0, 0.1) is 0 Å². The summed E-state index contributed by atoms with van der Waals surface area (Å²) >= 11 is 0. The minimum Gasteiger partial charge on any atom is -0.0771 e. The van der Waals surface area contributed by atoms with Crippen LogP contribution in [0.1, 0.15) is 55.6 Å². The molecule has 0 spiro atoms. The topological polar surface area (TPSA) is 0 Å². The van der Waals surface area contributed by atoms with Crippen LogP contribution in [-0.2, 0) is 0 Å². The van der Waals surface area contributed by atoms with E-state index in [1.807, 2.05) is 0 Å². The average molecular weight is 198 g/mol. The van der Waals surface area contributed by atoms with Crippen LogP contribution in [0.5, 0.6) is 0 Å². The Balaban J connectivity index is 1.88. The van der Waals surface area contributed by atoms with Crippen molar-refractivity contribution < 1.29 is 0 Å². The highest BCUT2D eigenvalue weighted by Gasteiger charge is 2.36. The summed E-state index contributed by atoms with van der Waals surface area (Å²) in [5.41, 5.74) is 4.94. The summed E-state index contributed by atoms with van der Waals surface area (Å²) in [7, 11) is 0. The van der Waals surface area contributed by atoms with E-state index in [1.54, 1.807) is 16.7 Å². The quantitative estimate of drug-likeness (QED) is 0.632. The third-order valence-electron chi connectivity index (χ3n) is 3.94. The van der Waals surface area contributed by atoms with Crippen molar-refractivity contribution in [3.63, 3.8) is 0 Å². The molecule has 1 aromatic carbocycles. The predicted octanol–water partition coefficient (Wildman–Crippen LogP) is 4.39. The molecule has 0 aromatic heterocycles. The molecule has 0 nitrogen and oxygen atoms in total. The first kappa shape index (κ1) is 9.21. The molecule has 0 N–H and O–H groups in total. The lowest BCUT2D eigenvalue weighted by Gasteiger charge is -2.16. The lowest BCUT2D eigenvalue weighted by Crippen LogP contribution is -1.99. The van der Waals surface area contributed by atoms with Crippen LogP contribution >= 0.6 is 0 Å². The van der Waals surface area contributed by atoms with Crippen molar-refractivity contribution in [2.24, 2.45) is 0 Å². The van der Waals surface area contributed by atoms with Gasteiger partial charge in [-0.1, -0.05) is 49.3 Å².